The van der Waals surface area contributed by atoms with Crippen molar-refractivity contribution >= 4 is 29.5 Å². The first-order valence-corrected chi connectivity index (χ1v) is 6.47. The van der Waals surface area contributed by atoms with E-state index in [-0.39, 0.29) is 6.23 Å². The zero-order chi connectivity index (χ0) is 13.8. The number of nitrogens with zero attached hydrogens (tertiary/aromatic N) is 3. The number of hydrogen-bond donors (Lipinski definition) is 1. The van der Waals surface area contributed by atoms with Gasteiger partial charge in [-0.15, -0.1) is 0 Å². The van der Waals surface area contributed by atoms with Gasteiger partial charge in [-0.2, -0.15) is 0 Å². The number of aliphatic imine (C=N–C) groups is 2. The van der Waals surface area contributed by atoms with Crippen LogP contribution in [0.3, 0.4) is 0 Å². The Bertz CT molecular complexity index is 515. The van der Waals surface area contributed by atoms with Crippen molar-refractivity contribution in [3.05, 3.63) is 23.2 Å². The Morgan fingerprint density at radius 2 is 2.37 bits per heavy atom. The van der Waals surface area contributed by atoms with Crippen LogP contribution < -0.4 is 10.5 Å². The van der Waals surface area contributed by atoms with E-state index in [4.69, 9.17) is 22.1 Å². The largest absolute Gasteiger partial charge is 0.467 e. The Kier molecular flexibility index (Phi) is 4.27. The summed E-state index contributed by atoms with van der Waals surface area (Å²) in [6, 6.07) is 5.30. The van der Waals surface area contributed by atoms with Crippen LogP contribution in [-0.4, -0.2) is 36.4 Å². The maximum atomic E-state index is 6.06. The summed E-state index contributed by atoms with van der Waals surface area (Å²) in [7, 11) is 0. The van der Waals surface area contributed by atoms with Crippen molar-refractivity contribution in [2.75, 3.05) is 18.8 Å². The minimum absolute atomic E-state index is 0.340. The summed E-state index contributed by atoms with van der Waals surface area (Å²) in [5.41, 5.74) is 6.21. The van der Waals surface area contributed by atoms with Crippen LogP contribution in [-0.2, 0) is 0 Å². The highest BCUT2D eigenvalue weighted by molar-refractivity contribution is 6.34. The fourth-order valence-corrected chi connectivity index (χ4v) is 1.89. The molecule has 1 aliphatic rings. The molecule has 2 rings (SSSR count). The Labute approximate surface area is 117 Å². The topological polar surface area (TPSA) is 63.2 Å². The number of amidine groups is 1. The highest BCUT2D eigenvalue weighted by Crippen LogP contribution is 2.30. The number of benzene rings is 1. The van der Waals surface area contributed by atoms with Crippen molar-refractivity contribution in [3.8, 4) is 5.75 Å². The molecular formula is C13H17ClN4O. The molecule has 1 atom stereocenters. The van der Waals surface area contributed by atoms with Gasteiger partial charge in [0.15, 0.2) is 6.23 Å². The monoisotopic (exact) mass is 280 g/mol. The molecule has 5 nitrogen and oxygen atoms in total. The van der Waals surface area contributed by atoms with Gasteiger partial charge < -0.3 is 15.4 Å². The summed E-state index contributed by atoms with van der Waals surface area (Å²) in [6.45, 7) is 5.48. The molecule has 0 aliphatic carbocycles. The van der Waals surface area contributed by atoms with Crippen LogP contribution in [0, 0.1) is 0 Å². The standard InChI is InChI=1S/C13H17ClN4O/c1-9-16-6-7-18(9)8-17-10(2)19-12-5-3-4-11(15)13(12)14/h3-5,8,10H,6-7,15H2,1-2H3. The van der Waals surface area contributed by atoms with Gasteiger partial charge in [0.1, 0.15) is 16.6 Å². The van der Waals surface area contributed by atoms with Crippen molar-refractivity contribution in [2.24, 2.45) is 9.98 Å². The number of nitrogen functional groups attached to an aromatic ring is 1. The minimum Gasteiger partial charge on any atom is -0.467 e. The number of hydrogen-bond acceptors (Lipinski definition) is 4. The average Bonchev–Trinajstić information content (AvgIpc) is 2.78. The van der Waals surface area contributed by atoms with Crippen LogP contribution >= 0.6 is 11.6 Å². The molecule has 0 spiro atoms. The van der Waals surface area contributed by atoms with Crippen LogP contribution in [0.2, 0.25) is 5.02 Å². The number of rotatable bonds is 4. The smallest absolute Gasteiger partial charge is 0.188 e. The average molecular weight is 281 g/mol. The SMILES string of the molecule is CC1=NCCN1C=NC(C)Oc1cccc(N)c1Cl. The van der Waals surface area contributed by atoms with Crippen LogP contribution in [0.25, 0.3) is 0 Å². The quantitative estimate of drug-likeness (QED) is 0.523. The number of nitrogens with two attached hydrogens (primary N) is 1. The third kappa shape index (κ3) is 3.38. The molecular weight excluding hydrogens is 264 g/mol. The van der Waals surface area contributed by atoms with Gasteiger partial charge in [-0.3, -0.25) is 4.99 Å². The second-order valence-corrected chi connectivity index (χ2v) is 4.64. The molecule has 19 heavy (non-hydrogen) atoms. The van der Waals surface area contributed by atoms with Crippen molar-refractivity contribution in [2.45, 2.75) is 20.1 Å². The summed E-state index contributed by atoms with van der Waals surface area (Å²) < 4.78 is 5.64. The zero-order valence-corrected chi connectivity index (χ0v) is 11.8. The van der Waals surface area contributed by atoms with E-state index in [0.29, 0.717) is 16.5 Å². The molecule has 0 aromatic heterocycles. The molecule has 1 aliphatic heterocycles. The summed E-state index contributed by atoms with van der Waals surface area (Å²) in [5.74, 6) is 1.51. The van der Waals surface area contributed by atoms with Gasteiger partial charge in [0.25, 0.3) is 0 Å². The number of ether oxygens (including phenoxy) is 1. The van der Waals surface area contributed by atoms with Crippen molar-refractivity contribution in [1.82, 2.24) is 4.90 Å². The molecule has 1 aromatic carbocycles. The van der Waals surface area contributed by atoms with Crippen molar-refractivity contribution in [3.63, 3.8) is 0 Å². The van der Waals surface area contributed by atoms with E-state index in [1.54, 1.807) is 24.5 Å². The molecule has 0 saturated carbocycles. The maximum absolute atomic E-state index is 6.06. The fraction of sp³-hybridized carbons (Fsp3) is 0.385. The highest BCUT2D eigenvalue weighted by atomic mass is 35.5. The zero-order valence-electron chi connectivity index (χ0n) is 11.0. The molecule has 1 unspecified atom stereocenters. The molecule has 2 N–H and O–H groups in total. The van der Waals surface area contributed by atoms with E-state index in [1.807, 2.05) is 18.7 Å². The molecule has 0 radical (unpaired) electrons. The predicted octanol–water partition coefficient (Wildman–Crippen LogP) is 2.41. The van der Waals surface area contributed by atoms with Gasteiger partial charge in [-0.05, 0) is 26.0 Å². The fourth-order valence-electron chi connectivity index (χ4n) is 1.72. The Morgan fingerprint density at radius 1 is 1.58 bits per heavy atom. The lowest BCUT2D eigenvalue weighted by molar-refractivity contribution is 0.232. The molecule has 6 heteroatoms. The van der Waals surface area contributed by atoms with Crippen LogP contribution in [0.5, 0.6) is 5.75 Å². The van der Waals surface area contributed by atoms with E-state index in [1.165, 1.54) is 0 Å². The van der Waals surface area contributed by atoms with E-state index in [2.05, 4.69) is 9.98 Å². The molecule has 0 fully saturated rings. The van der Waals surface area contributed by atoms with E-state index >= 15 is 0 Å². The summed E-state index contributed by atoms with van der Waals surface area (Å²) in [4.78, 5) is 10.6. The molecule has 102 valence electrons. The lowest BCUT2D eigenvalue weighted by Gasteiger charge is -2.15. The lowest BCUT2D eigenvalue weighted by Crippen LogP contribution is -2.25. The van der Waals surface area contributed by atoms with Crippen molar-refractivity contribution in [1.29, 1.82) is 0 Å². The normalized spacial score (nSPS) is 16.8. The Hall–Kier alpha value is -1.75. The van der Waals surface area contributed by atoms with Gasteiger partial charge in [-0.25, -0.2) is 4.99 Å². The van der Waals surface area contributed by atoms with Gasteiger partial charge in [0.05, 0.1) is 18.6 Å². The molecule has 1 heterocycles. The number of anilines is 1. The Morgan fingerprint density at radius 3 is 3.05 bits per heavy atom. The first-order valence-electron chi connectivity index (χ1n) is 6.09. The van der Waals surface area contributed by atoms with Gasteiger partial charge in [-0.1, -0.05) is 17.7 Å². The van der Waals surface area contributed by atoms with Gasteiger partial charge in [0, 0.05) is 6.54 Å². The summed E-state index contributed by atoms with van der Waals surface area (Å²) in [6.07, 6.45) is 1.41. The van der Waals surface area contributed by atoms with Crippen molar-refractivity contribution < 1.29 is 4.74 Å². The molecule has 1 aromatic rings. The van der Waals surface area contributed by atoms with E-state index in [9.17, 15) is 0 Å². The highest BCUT2D eigenvalue weighted by Gasteiger charge is 2.11. The summed E-state index contributed by atoms with van der Waals surface area (Å²) >= 11 is 6.06. The molecule has 0 saturated heterocycles. The summed E-state index contributed by atoms with van der Waals surface area (Å²) in [5, 5.41) is 0.420. The van der Waals surface area contributed by atoms with E-state index in [0.717, 1.165) is 18.9 Å². The van der Waals surface area contributed by atoms with Gasteiger partial charge in [0.2, 0.25) is 0 Å². The first kappa shape index (κ1) is 13.7. The Balaban J connectivity index is 1.97. The van der Waals surface area contributed by atoms with E-state index < -0.39 is 0 Å². The molecule has 0 bridgehead atoms. The third-order valence-corrected chi connectivity index (χ3v) is 3.21. The van der Waals surface area contributed by atoms with Crippen LogP contribution in [0.4, 0.5) is 5.69 Å². The lowest BCUT2D eigenvalue weighted by atomic mass is 10.3. The second-order valence-electron chi connectivity index (χ2n) is 4.26. The van der Waals surface area contributed by atoms with Crippen LogP contribution in [0.15, 0.2) is 28.2 Å². The maximum Gasteiger partial charge on any atom is 0.188 e. The first-order chi connectivity index (χ1) is 9.08. The minimum atomic E-state index is -0.340. The third-order valence-electron chi connectivity index (χ3n) is 2.80. The number of halogens is 1. The predicted molar refractivity (Wildman–Crippen MR) is 79.1 cm³/mol. The van der Waals surface area contributed by atoms with Crippen LogP contribution in [0.1, 0.15) is 13.8 Å². The van der Waals surface area contributed by atoms with Gasteiger partial charge >= 0.3 is 0 Å². The molecule has 0 amide bonds. The second kappa shape index (κ2) is 5.93.